The van der Waals surface area contributed by atoms with Gasteiger partial charge in [0, 0.05) is 6.20 Å². The van der Waals surface area contributed by atoms with Crippen LogP contribution < -0.4 is 10.1 Å². The van der Waals surface area contributed by atoms with Crippen LogP contribution in [0.3, 0.4) is 0 Å². The number of aromatic nitrogens is 1. The Morgan fingerprint density at radius 2 is 2.13 bits per heavy atom. The third-order valence-corrected chi connectivity index (χ3v) is 1.48. The average Bonchev–Trinajstić information content (AvgIpc) is 2.58. The van der Waals surface area contributed by atoms with E-state index in [-0.39, 0.29) is 12.3 Å². The lowest BCUT2D eigenvalue weighted by Gasteiger charge is -2.05. The number of aromatic amines is 1. The summed E-state index contributed by atoms with van der Waals surface area (Å²) < 4.78 is 4.88. The van der Waals surface area contributed by atoms with Gasteiger partial charge in [0.25, 0.3) is 0 Å². The van der Waals surface area contributed by atoms with Crippen molar-refractivity contribution < 1.29 is 24.5 Å². The first-order valence-electron chi connectivity index (χ1n) is 4.07. The van der Waals surface area contributed by atoms with Crippen LogP contribution in [0.4, 0.5) is 5.82 Å². The highest BCUT2D eigenvalue weighted by molar-refractivity contribution is 5.73. The predicted molar refractivity (Wildman–Crippen MR) is 50.0 cm³/mol. The minimum atomic E-state index is -1.10. The van der Waals surface area contributed by atoms with Crippen molar-refractivity contribution in [1.82, 2.24) is 4.98 Å². The quantitative estimate of drug-likeness (QED) is 0.529. The molecule has 82 valence electrons. The highest BCUT2D eigenvalue weighted by atomic mass is 16.5. The van der Waals surface area contributed by atoms with E-state index in [1.54, 1.807) is 0 Å². The number of ether oxygens (including phenoxy) is 1. The molecule has 15 heavy (non-hydrogen) atoms. The Balaban J connectivity index is 2.53. The zero-order chi connectivity index (χ0) is 11.3. The molecule has 0 saturated carbocycles. The van der Waals surface area contributed by atoms with Gasteiger partial charge >= 0.3 is 11.9 Å². The molecule has 0 unspecified atom stereocenters. The van der Waals surface area contributed by atoms with Crippen molar-refractivity contribution in [3.8, 4) is 5.75 Å². The van der Waals surface area contributed by atoms with E-state index in [2.05, 4.69) is 10.3 Å². The number of carboxylic acids is 2. The van der Waals surface area contributed by atoms with Gasteiger partial charge in [-0.1, -0.05) is 0 Å². The molecule has 0 aromatic carbocycles. The van der Waals surface area contributed by atoms with Crippen LogP contribution >= 0.6 is 0 Å². The van der Waals surface area contributed by atoms with Gasteiger partial charge in [-0.15, -0.1) is 0 Å². The molecule has 1 rings (SSSR count). The lowest BCUT2D eigenvalue weighted by Crippen LogP contribution is -2.14. The Labute approximate surface area is 84.7 Å². The van der Waals surface area contributed by atoms with E-state index in [0.29, 0.717) is 5.82 Å². The number of carbonyl (C=O) groups is 2. The molecule has 0 aliphatic rings. The first-order valence-corrected chi connectivity index (χ1v) is 4.07. The van der Waals surface area contributed by atoms with Crippen LogP contribution in [0.1, 0.15) is 0 Å². The van der Waals surface area contributed by atoms with Gasteiger partial charge in [-0.05, 0) is 6.07 Å². The van der Waals surface area contributed by atoms with Crippen LogP contribution in [0.15, 0.2) is 12.3 Å². The number of H-pyrrole nitrogens is 1. The molecule has 0 saturated heterocycles. The summed E-state index contributed by atoms with van der Waals surface area (Å²) in [4.78, 5) is 23.2. The van der Waals surface area contributed by atoms with E-state index in [1.807, 2.05) is 0 Å². The second-order valence-electron chi connectivity index (χ2n) is 2.65. The number of hydrogen-bond acceptors (Lipinski definition) is 4. The molecule has 1 aromatic heterocycles. The average molecular weight is 214 g/mol. The zero-order valence-electron chi connectivity index (χ0n) is 7.69. The van der Waals surface area contributed by atoms with Crippen LogP contribution in [-0.2, 0) is 9.59 Å². The van der Waals surface area contributed by atoms with Crippen molar-refractivity contribution >= 4 is 17.8 Å². The second kappa shape index (κ2) is 4.89. The summed E-state index contributed by atoms with van der Waals surface area (Å²) in [6.45, 7) is -0.746. The van der Waals surface area contributed by atoms with Crippen molar-refractivity contribution in [2.45, 2.75) is 0 Å². The molecular formula is C8H10N2O5. The number of carboxylic acid groups (broad SMARTS) is 2. The van der Waals surface area contributed by atoms with E-state index in [9.17, 15) is 9.59 Å². The third-order valence-electron chi connectivity index (χ3n) is 1.48. The molecule has 0 radical (unpaired) electrons. The smallest absolute Gasteiger partial charge is 0.341 e. The SMILES string of the molecule is O=C(O)CNc1[nH]ccc1OCC(=O)O. The predicted octanol–water partition coefficient (Wildman–Crippen LogP) is -0.0254. The molecule has 0 amide bonds. The molecule has 0 bridgehead atoms. The van der Waals surface area contributed by atoms with Gasteiger partial charge in [0.2, 0.25) is 0 Å². The van der Waals surface area contributed by atoms with Gasteiger partial charge in [-0.25, -0.2) is 4.79 Å². The minimum Gasteiger partial charge on any atom is -0.480 e. The van der Waals surface area contributed by atoms with Gasteiger partial charge in [-0.2, -0.15) is 0 Å². The second-order valence-corrected chi connectivity index (χ2v) is 2.65. The fraction of sp³-hybridized carbons (Fsp3) is 0.250. The molecule has 0 atom stereocenters. The molecule has 7 nitrogen and oxygen atoms in total. The van der Waals surface area contributed by atoms with Crippen molar-refractivity contribution in [2.24, 2.45) is 0 Å². The van der Waals surface area contributed by atoms with Crippen molar-refractivity contribution in [3.63, 3.8) is 0 Å². The number of rotatable bonds is 6. The first kappa shape index (κ1) is 10.9. The summed E-state index contributed by atoms with van der Waals surface area (Å²) in [6.07, 6.45) is 1.52. The van der Waals surface area contributed by atoms with E-state index in [0.717, 1.165) is 0 Å². The van der Waals surface area contributed by atoms with E-state index in [4.69, 9.17) is 14.9 Å². The van der Waals surface area contributed by atoms with Gasteiger partial charge in [0.1, 0.15) is 12.4 Å². The highest BCUT2D eigenvalue weighted by Crippen LogP contribution is 2.21. The summed E-state index contributed by atoms with van der Waals surface area (Å²) in [6, 6.07) is 1.51. The molecular weight excluding hydrogens is 204 g/mol. The molecule has 1 aromatic rings. The number of anilines is 1. The molecule has 1 heterocycles. The van der Waals surface area contributed by atoms with Gasteiger partial charge in [0.05, 0.1) is 0 Å². The standard InChI is InChI=1S/C8H10N2O5/c11-6(12)3-10-8-5(1-2-9-8)15-4-7(13)14/h1-2,9-10H,3-4H2,(H,11,12)(H,13,14). The molecule has 0 aliphatic heterocycles. The molecule has 0 fully saturated rings. The van der Waals surface area contributed by atoms with Crippen LogP contribution in [0.5, 0.6) is 5.75 Å². The molecule has 0 aliphatic carbocycles. The normalized spacial score (nSPS) is 9.60. The Bertz CT molecular complexity index is 327. The maximum atomic E-state index is 10.3. The molecule has 4 N–H and O–H groups in total. The fourth-order valence-corrected chi connectivity index (χ4v) is 0.917. The van der Waals surface area contributed by atoms with Gasteiger partial charge in [-0.3, -0.25) is 4.79 Å². The van der Waals surface area contributed by atoms with Gasteiger partial charge < -0.3 is 25.3 Å². The van der Waals surface area contributed by atoms with E-state index in [1.165, 1.54) is 12.3 Å². The van der Waals surface area contributed by atoms with Crippen LogP contribution in [0.2, 0.25) is 0 Å². The summed E-state index contributed by atoms with van der Waals surface area (Å²) in [5, 5.41) is 19.3. The molecule has 7 heteroatoms. The maximum absolute atomic E-state index is 10.3. The van der Waals surface area contributed by atoms with E-state index < -0.39 is 18.5 Å². The number of nitrogens with one attached hydrogen (secondary N) is 2. The zero-order valence-corrected chi connectivity index (χ0v) is 7.69. The van der Waals surface area contributed by atoms with Crippen LogP contribution in [-0.4, -0.2) is 40.3 Å². The lowest BCUT2D eigenvalue weighted by molar-refractivity contribution is -0.139. The Kier molecular flexibility index (Phi) is 3.55. The monoisotopic (exact) mass is 214 g/mol. The summed E-state index contributed by atoms with van der Waals surface area (Å²) in [5.74, 6) is -1.49. The summed E-state index contributed by atoms with van der Waals surface area (Å²) >= 11 is 0. The third kappa shape index (κ3) is 3.59. The van der Waals surface area contributed by atoms with Crippen LogP contribution in [0, 0.1) is 0 Å². The maximum Gasteiger partial charge on any atom is 0.341 e. The lowest BCUT2D eigenvalue weighted by atomic mass is 10.5. The largest absolute Gasteiger partial charge is 0.480 e. The Hall–Kier alpha value is -2.18. The summed E-state index contributed by atoms with van der Waals surface area (Å²) in [7, 11) is 0. The highest BCUT2D eigenvalue weighted by Gasteiger charge is 2.07. The fourth-order valence-electron chi connectivity index (χ4n) is 0.917. The molecule has 0 spiro atoms. The van der Waals surface area contributed by atoms with Gasteiger partial charge in [0.15, 0.2) is 12.4 Å². The van der Waals surface area contributed by atoms with Crippen molar-refractivity contribution in [1.29, 1.82) is 0 Å². The van der Waals surface area contributed by atoms with E-state index >= 15 is 0 Å². The number of hydrogen-bond donors (Lipinski definition) is 4. The Morgan fingerprint density at radius 3 is 2.73 bits per heavy atom. The van der Waals surface area contributed by atoms with Crippen LogP contribution in [0.25, 0.3) is 0 Å². The van der Waals surface area contributed by atoms with Crippen molar-refractivity contribution in [3.05, 3.63) is 12.3 Å². The first-order chi connectivity index (χ1) is 7.09. The number of aliphatic carboxylic acids is 2. The minimum absolute atomic E-state index is 0.274. The summed E-state index contributed by atoms with van der Waals surface area (Å²) in [5.41, 5.74) is 0. The Morgan fingerprint density at radius 1 is 1.40 bits per heavy atom. The van der Waals surface area contributed by atoms with Crippen molar-refractivity contribution in [2.75, 3.05) is 18.5 Å². The topological polar surface area (TPSA) is 112 Å².